The monoisotopic (exact) mass is 353 g/mol. The van der Waals surface area contributed by atoms with Crippen LogP contribution in [0.25, 0.3) is 0 Å². The Hall–Kier alpha value is -1.07. The Labute approximate surface area is 133 Å². The number of aromatic nitrogens is 1. The van der Waals surface area contributed by atoms with Gasteiger partial charge in [-0.05, 0) is 54.4 Å². The Morgan fingerprint density at radius 3 is 2.70 bits per heavy atom. The molecule has 0 atom stereocenters. The van der Waals surface area contributed by atoms with Gasteiger partial charge in [-0.25, -0.2) is 4.98 Å². The van der Waals surface area contributed by atoms with E-state index in [9.17, 15) is 0 Å². The maximum atomic E-state index is 4.50. The molecule has 0 bridgehead atoms. The zero-order valence-corrected chi connectivity index (χ0v) is 14.5. The van der Waals surface area contributed by atoms with Crippen molar-refractivity contribution in [3.63, 3.8) is 0 Å². The Kier molecular flexibility index (Phi) is 5.43. The van der Waals surface area contributed by atoms with Gasteiger partial charge in [-0.3, -0.25) is 0 Å². The standard InChI is InChI=1S/C15H20BrN3S/c1-4-19(5-2)15-18-10-12(20-15)9-17-14-7-6-11(3)8-13(14)16/h6-8,10,17H,4-5,9H2,1-3H3. The number of thiazole rings is 1. The van der Waals surface area contributed by atoms with Crippen molar-refractivity contribution in [2.24, 2.45) is 0 Å². The minimum Gasteiger partial charge on any atom is -0.379 e. The van der Waals surface area contributed by atoms with Gasteiger partial charge in [0.1, 0.15) is 0 Å². The average molecular weight is 354 g/mol. The molecule has 20 heavy (non-hydrogen) atoms. The van der Waals surface area contributed by atoms with E-state index in [4.69, 9.17) is 0 Å². The Morgan fingerprint density at radius 1 is 1.30 bits per heavy atom. The van der Waals surface area contributed by atoms with Crippen molar-refractivity contribution in [3.05, 3.63) is 39.3 Å². The fraction of sp³-hybridized carbons (Fsp3) is 0.400. The third-order valence-electron chi connectivity index (χ3n) is 3.15. The molecule has 0 unspecified atom stereocenters. The third-order valence-corrected chi connectivity index (χ3v) is 4.87. The number of rotatable bonds is 6. The highest BCUT2D eigenvalue weighted by Gasteiger charge is 2.08. The van der Waals surface area contributed by atoms with Crippen LogP contribution >= 0.6 is 27.3 Å². The van der Waals surface area contributed by atoms with Gasteiger partial charge >= 0.3 is 0 Å². The molecule has 0 fully saturated rings. The van der Waals surface area contributed by atoms with E-state index in [0.29, 0.717) is 0 Å². The fourth-order valence-electron chi connectivity index (χ4n) is 1.97. The molecule has 3 nitrogen and oxygen atoms in total. The molecule has 1 N–H and O–H groups in total. The van der Waals surface area contributed by atoms with Crippen LogP contribution in [0.4, 0.5) is 10.8 Å². The summed E-state index contributed by atoms with van der Waals surface area (Å²) < 4.78 is 1.10. The number of halogens is 1. The molecule has 2 aromatic rings. The van der Waals surface area contributed by atoms with Crippen molar-refractivity contribution < 1.29 is 0 Å². The largest absolute Gasteiger partial charge is 0.379 e. The molecule has 0 aliphatic rings. The van der Waals surface area contributed by atoms with E-state index in [1.165, 1.54) is 10.4 Å². The summed E-state index contributed by atoms with van der Waals surface area (Å²) in [5, 5.41) is 4.56. The summed E-state index contributed by atoms with van der Waals surface area (Å²) in [6, 6.07) is 6.34. The van der Waals surface area contributed by atoms with Crippen LogP contribution in [0.1, 0.15) is 24.3 Å². The highest BCUT2D eigenvalue weighted by atomic mass is 79.9. The second kappa shape index (κ2) is 7.09. The van der Waals surface area contributed by atoms with E-state index >= 15 is 0 Å². The van der Waals surface area contributed by atoms with Gasteiger partial charge < -0.3 is 10.2 Å². The molecule has 1 aromatic heterocycles. The lowest BCUT2D eigenvalue weighted by molar-refractivity contribution is 0.860. The van der Waals surface area contributed by atoms with Crippen LogP contribution in [0.3, 0.4) is 0 Å². The molecule has 0 saturated heterocycles. The molecule has 5 heteroatoms. The Morgan fingerprint density at radius 2 is 2.05 bits per heavy atom. The molecular weight excluding hydrogens is 334 g/mol. The number of nitrogens with one attached hydrogen (secondary N) is 1. The minimum atomic E-state index is 0.806. The highest BCUT2D eigenvalue weighted by Crippen LogP contribution is 2.26. The van der Waals surface area contributed by atoms with Gasteiger partial charge in [-0.15, -0.1) is 11.3 Å². The maximum Gasteiger partial charge on any atom is 0.185 e. The van der Waals surface area contributed by atoms with E-state index in [1.54, 1.807) is 11.3 Å². The lowest BCUT2D eigenvalue weighted by atomic mass is 10.2. The quantitative estimate of drug-likeness (QED) is 0.817. The number of benzene rings is 1. The number of nitrogens with zero attached hydrogens (tertiary/aromatic N) is 2. The first-order valence-corrected chi connectivity index (χ1v) is 8.44. The van der Waals surface area contributed by atoms with Crippen molar-refractivity contribution in [2.45, 2.75) is 27.3 Å². The predicted octanol–water partition coefficient (Wildman–Crippen LogP) is 4.67. The highest BCUT2D eigenvalue weighted by molar-refractivity contribution is 9.10. The fourth-order valence-corrected chi connectivity index (χ4v) is 3.58. The van der Waals surface area contributed by atoms with Crippen LogP contribution in [0.15, 0.2) is 28.9 Å². The van der Waals surface area contributed by atoms with E-state index in [1.807, 2.05) is 6.20 Å². The Balaban J connectivity index is 2.00. The summed E-state index contributed by atoms with van der Waals surface area (Å²) in [5.41, 5.74) is 2.37. The number of aryl methyl sites for hydroxylation is 1. The molecule has 0 aliphatic heterocycles. The lowest BCUT2D eigenvalue weighted by Crippen LogP contribution is -2.21. The normalized spacial score (nSPS) is 10.6. The van der Waals surface area contributed by atoms with Gasteiger partial charge in [-0.2, -0.15) is 0 Å². The smallest absolute Gasteiger partial charge is 0.185 e. The zero-order chi connectivity index (χ0) is 14.5. The van der Waals surface area contributed by atoms with Gasteiger partial charge in [0.2, 0.25) is 0 Å². The average Bonchev–Trinajstić information content (AvgIpc) is 2.88. The summed E-state index contributed by atoms with van der Waals surface area (Å²) in [6.07, 6.45) is 1.97. The third kappa shape index (κ3) is 3.73. The van der Waals surface area contributed by atoms with Gasteiger partial charge in [0.25, 0.3) is 0 Å². The van der Waals surface area contributed by atoms with Crippen LogP contribution in [-0.4, -0.2) is 18.1 Å². The van der Waals surface area contributed by atoms with E-state index < -0.39 is 0 Å². The maximum absolute atomic E-state index is 4.50. The molecule has 2 rings (SSSR count). The molecule has 0 saturated carbocycles. The van der Waals surface area contributed by atoms with Crippen LogP contribution in [0, 0.1) is 6.92 Å². The SMILES string of the molecule is CCN(CC)c1ncc(CNc2ccc(C)cc2Br)s1. The summed E-state index contributed by atoms with van der Waals surface area (Å²) in [5.74, 6) is 0. The minimum absolute atomic E-state index is 0.806. The molecular formula is C15H20BrN3S. The van der Waals surface area contributed by atoms with Crippen LogP contribution in [0.5, 0.6) is 0 Å². The Bertz CT molecular complexity index is 564. The van der Waals surface area contributed by atoms with Gasteiger partial charge in [-0.1, -0.05) is 6.07 Å². The van der Waals surface area contributed by atoms with Crippen molar-refractivity contribution in [3.8, 4) is 0 Å². The molecule has 0 spiro atoms. The van der Waals surface area contributed by atoms with Gasteiger partial charge in [0.05, 0.1) is 6.54 Å². The van der Waals surface area contributed by atoms with Gasteiger partial charge in [0.15, 0.2) is 5.13 Å². The first kappa shape index (κ1) is 15.3. The van der Waals surface area contributed by atoms with Crippen LogP contribution in [-0.2, 0) is 6.54 Å². The zero-order valence-electron chi connectivity index (χ0n) is 12.1. The van der Waals surface area contributed by atoms with Crippen molar-refractivity contribution in [2.75, 3.05) is 23.3 Å². The molecule has 108 valence electrons. The lowest BCUT2D eigenvalue weighted by Gasteiger charge is -2.16. The molecule has 0 amide bonds. The molecule has 1 heterocycles. The van der Waals surface area contributed by atoms with E-state index in [0.717, 1.165) is 34.9 Å². The first-order valence-electron chi connectivity index (χ1n) is 6.83. The van der Waals surface area contributed by atoms with Crippen LogP contribution < -0.4 is 10.2 Å². The summed E-state index contributed by atoms with van der Waals surface area (Å²) >= 11 is 5.34. The summed E-state index contributed by atoms with van der Waals surface area (Å²) in [4.78, 5) is 8.02. The summed E-state index contributed by atoms with van der Waals surface area (Å²) in [6.45, 7) is 9.22. The molecule has 1 aromatic carbocycles. The summed E-state index contributed by atoms with van der Waals surface area (Å²) in [7, 11) is 0. The van der Waals surface area contributed by atoms with Crippen molar-refractivity contribution in [1.82, 2.24) is 4.98 Å². The second-order valence-electron chi connectivity index (χ2n) is 4.62. The van der Waals surface area contributed by atoms with Crippen LogP contribution in [0.2, 0.25) is 0 Å². The molecule has 0 radical (unpaired) electrons. The first-order chi connectivity index (χ1) is 9.63. The predicted molar refractivity (Wildman–Crippen MR) is 91.9 cm³/mol. The number of anilines is 2. The topological polar surface area (TPSA) is 28.2 Å². The van der Waals surface area contributed by atoms with E-state index in [2.05, 4.69) is 70.1 Å². The second-order valence-corrected chi connectivity index (χ2v) is 6.57. The van der Waals surface area contributed by atoms with Gasteiger partial charge in [0, 0.05) is 34.3 Å². The number of hydrogen-bond donors (Lipinski definition) is 1. The molecule has 0 aliphatic carbocycles. The number of hydrogen-bond acceptors (Lipinski definition) is 4. The van der Waals surface area contributed by atoms with E-state index in [-0.39, 0.29) is 0 Å². The van der Waals surface area contributed by atoms with Crippen molar-refractivity contribution >= 4 is 38.1 Å². The van der Waals surface area contributed by atoms with Crippen molar-refractivity contribution in [1.29, 1.82) is 0 Å².